The van der Waals surface area contributed by atoms with Crippen molar-refractivity contribution >= 4 is 17.3 Å². The maximum atomic E-state index is 11.1. The molecule has 2 aromatic rings. The summed E-state index contributed by atoms with van der Waals surface area (Å²) in [5.74, 6) is -0.441. The zero-order valence-corrected chi connectivity index (χ0v) is 10.7. The highest BCUT2D eigenvalue weighted by atomic mass is 16.5. The van der Waals surface area contributed by atoms with Crippen LogP contribution in [0, 0.1) is 6.92 Å². The fourth-order valence-corrected chi connectivity index (χ4v) is 1.70. The van der Waals surface area contributed by atoms with Crippen LogP contribution in [0.15, 0.2) is 36.5 Å². The van der Waals surface area contributed by atoms with E-state index in [0.29, 0.717) is 11.6 Å². The summed E-state index contributed by atoms with van der Waals surface area (Å²) in [6.45, 7) is 1.77. The molecule has 0 radical (unpaired) electrons. The van der Waals surface area contributed by atoms with Gasteiger partial charge in [-0.3, -0.25) is 0 Å². The number of methoxy groups -OCH3 is 1. The Morgan fingerprint density at radius 1 is 1.26 bits per heavy atom. The number of ether oxygens (including phenoxy) is 1. The molecule has 19 heavy (non-hydrogen) atoms. The summed E-state index contributed by atoms with van der Waals surface area (Å²) in [5, 5.41) is 12.2. The topological polar surface area (TPSA) is 71.5 Å². The molecule has 0 aliphatic carbocycles. The van der Waals surface area contributed by atoms with E-state index in [2.05, 4.69) is 10.3 Å². The first-order valence-corrected chi connectivity index (χ1v) is 5.71. The molecular formula is C14H14N2O3. The van der Waals surface area contributed by atoms with Crippen molar-refractivity contribution in [3.05, 3.63) is 47.7 Å². The Hall–Kier alpha value is -2.56. The number of aromatic carboxylic acids is 1. The standard InChI is InChI=1S/C14H14N2O3/c1-9-3-4-10(7-12(9)14(17)18)16-11-5-6-15-13(8-11)19-2/h3-8H,1-2H3,(H,15,16)(H,17,18). The van der Waals surface area contributed by atoms with Crippen molar-refractivity contribution in [2.75, 3.05) is 12.4 Å². The van der Waals surface area contributed by atoms with Gasteiger partial charge in [0.2, 0.25) is 5.88 Å². The molecule has 0 unspecified atom stereocenters. The molecule has 0 atom stereocenters. The van der Waals surface area contributed by atoms with Crippen molar-refractivity contribution in [1.29, 1.82) is 0 Å². The largest absolute Gasteiger partial charge is 0.481 e. The van der Waals surface area contributed by atoms with Gasteiger partial charge in [-0.1, -0.05) is 6.07 Å². The van der Waals surface area contributed by atoms with Crippen LogP contribution in [0.3, 0.4) is 0 Å². The van der Waals surface area contributed by atoms with E-state index >= 15 is 0 Å². The molecular weight excluding hydrogens is 244 g/mol. The first-order valence-electron chi connectivity index (χ1n) is 5.71. The van der Waals surface area contributed by atoms with Gasteiger partial charge in [0.25, 0.3) is 0 Å². The van der Waals surface area contributed by atoms with Crippen LogP contribution in [-0.2, 0) is 0 Å². The summed E-state index contributed by atoms with van der Waals surface area (Å²) >= 11 is 0. The van der Waals surface area contributed by atoms with E-state index in [4.69, 9.17) is 9.84 Å². The third-order valence-corrected chi connectivity index (χ3v) is 2.70. The monoisotopic (exact) mass is 258 g/mol. The molecule has 98 valence electrons. The number of aromatic nitrogens is 1. The summed E-state index contributed by atoms with van der Waals surface area (Å²) in [4.78, 5) is 15.1. The second kappa shape index (κ2) is 5.39. The fraction of sp³-hybridized carbons (Fsp3) is 0.143. The van der Waals surface area contributed by atoms with Gasteiger partial charge < -0.3 is 15.2 Å². The molecule has 0 spiro atoms. The minimum atomic E-state index is -0.937. The van der Waals surface area contributed by atoms with Crippen LogP contribution < -0.4 is 10.1 Å². The van der Waals surface area contributed by atoms with E-state index in [1.807, 2.05) is 6.07 Å². The van der Waals surface area contributed by atoms with Gasteiger partial charge >= 0.3 is 5.97 Å². The minimum absolute atomic E-state index is 0.283. The van der Waals surface area contributed by atoms with E-state index in [0.717, 1.165) is 11.3 Å². The molecule has 1 heterocycles. The molecule has 0 aliphatic heterocycles. The van der Waals surface area contributed by atoms with Crippen molar-refractivity contribution < 1.29 is 14.6 Å². The van der Waals surface area contributed by atoms with Crippen LogP contribution in [0.25, 0.3) is 0 Å². The van der Waals surface area contributed by atoms with E-state index in [1.54, 1.807) is 44.5 Å². The molecule has 0 saturated carbocycles. The van der Waals surface area contributed by atoms with Crippen LogP contribution >= 0.6 is 0 Å². The highest BCUT2D eigenvalue weighted by molar-refractivity contribution is 5.90. The summed E-state index contributed by atoms with van der Waals surface area (Å²) in [6.07, 6.45) is 1.62. The normalized spacial score (nSPS) is 10.0. The SMILES string of the molecule is COc1cc(Nc2ccc(C)c(C(=O)O)c2)ccn1. The molecule has 0 saturated heterocycles. The van der Waals surface area contributed by atoms with Crippen molar-refractivity contribution in [2.24, 2.45) is 0 Å². The molecule has 0 bridgehead atoms. The van der Waals surface area contributed by atoms with Gasteiger partial charge in [0.05, 0.1) is 12.7 Å². The number of hydrogen-bond acceptors (Lipinski definition) is 4. The van der Waals surface area contributed by atoms with Gasteiger partial charge in [-0.05, 0) is 30.7 Å². The van der Waals surface area contributed by atoms with Gasteiger partial charge in [0.15, 0.2) is 0 Å². The van der Waals surface area contributed by atoms with Gasteiger partial charge in [0, 0.05) is 23.6 Å². The quantitative estimate of drug-likeness (QED) is 0.882. The lowest BCUT2D eigenvalue weighted by Gasteiger charge is -2.09. The second-order valence-corrected chi connectivity index (χ2v) is 4.05. The summed E-state index contributed by atoms with van der Waals surface area (Å²) in [7, 11) is 1.54. The molecule has 1 aromatic heterocycles. The van der Waals surface area contributed by atoms with E-state index in [9.17, 15) is 4.79 Å². The Balaban J connectivity index is 2.28. The van der Waals surface area contributed by atoms with Crippen molar-refractivity contribution in [3.63, 3.8) is 0 Å². The van der Waals surface area contributed by atoms with E-state index in [-0.39, 0.29) is 5.56 Å². The lowest BCUT2D eigenvalue weighted by atomic mass is 10.1. The van der Waals surface area contributed by atoms with Crippen LogP contribution in [-0.4, -0.2) is 23.2 Å². The smallest absolute Gasteiger partial charge is 0.336 e. The van der Waals surface area contributed by atoms with E-state index < -0.39 is 5.97 Å². The average molecular weight is 258 g/mol. The highest BCUT2D eigenvalue weighted by Crippen LogP contribution is 2.21. The van der Waals surface area contributed by atoms with Gasteiger partial charge in [-0.15, -0.1) is 0 Å². The highest BCUT2D eigenvalue weighted by Gasteiger charge is 2.08. The van der Waals surface area contributed by atoms with Crippen LogP contribution in [0.4, 0.5) is 11.4 Å². The minimum Gasteiger partial charge on any atom is -0.481 e. The summed E-state index contributed by atoms with van der Waals surface area (Å²) in [6, 6.07) is 8.71. The maximum Gasteiger partial charge on any atom is 0.336 e. The second-order valence-electron chi connectivity index (χ2n) is 4.05. The number of pyridine rings is 1. The molecule has 1 aromatic carbocycles. The first-order chi connectivity index (χ1) is 9.10. The number of nitrogens with zero attached hydrogens (tertiary/aromatic N) is 1. The average Bonchev–Trinajstić information content (AvgIpc) is 2.41. The zero-order valence-electron chi connectivity index (χ0n) is 10.7. The number of carbonyl (C=O) groups is 1. The molecule has 0 amide bonds. The number of carboxylic acids is 1. The predicted octanol–water partition coefficient (Wildman–Crippen LogP) is 2.84. The molecule has 5 heteroatoms. The number of rotatable bonds is 4. The predicted molar refractivity (Wildman–Crippen MR) is 72.2 cm³/mol. The van der Waals surface area contributed by atoms with Gasteiger partial charge in [-0.2, -0.15) is 0 Å². The van der Waals surface area contributed by atoms with Crippen LogP contribution in [0.5, 0.6) is 5.88 Å². The van der Waals surface area contributed by atoms with Crippen molar-refractivity contribution in [2.45, 2.75) is 6.92 Å². The summed E-state index contributed by atoms with van der Waals surface area (Å²) < 4.78 is 5.03. The molecule has 2 N–H and O–H groups in total. The number of nitrogens with one attached hydrogen (secondary N) is 1. The lowest BCUT2D eigenvalue weighted by molar-refractivity contribution is 0.0696. The lowest BCUT2D eigenvalue weighted by Crippen LogP contribution is -2.01. The molecule has 0 aliphatic rings. The number of aryl methyl sites for hydroxylation is 1. The molecule has 5 nitrogen and oxygen atoms in total. The van der Waals surface area contributed by atoms with Crippen LogP contribution in [0.2, 0.25) is 0 Å². The number of hydrogen-bond donors (Lipinski definition) is 2. The summed E-state index contributed by atoms with van der Waals surface area (Å²) in [5.41, 5.74) is 2.50. The zero-order chi connectivity index (χ0) is 13.8. The van der Waals surface area contributed by atoms with Gasteiger partial charge in [-0.25, -0.2) is 9.78 Å². The Kier molecular flexibility index (Phi) is 3.66. The third kappa shape index (κ3) is 3.01. The molecule has 2 rings (SSSR count). The molecule has 0 fully saturated rings. The Morgan fingerprint density at radius 3 is 2.68 bits per heavy atom. The number of benzene rings is 1. The van der Waals surface area contributed by atoms with Crippen molar-refractivity contribution in [1.82, 2.24) is 4.98 Å². The Bertz CT molecular complexity index is 611. The number of carboxylic acid groups (broad SMARTS) is 1. The van der Waals surface area contributed by atoms with Gasteiger partial charge in [0.1, 0.15) is 0 Å². The van der Waals surface area contributed by atoms with Crippen LogP contribution in [0.1, 0.15) is 15.9 Å². The Morgan fingerprint density at radius 2 is 2.00 bits per heavy atom. The maximum absolute atomic E-state index is 11.1. The third-order valence-electron chi connectivity index (χ3n) is 2.70. The van der Waals surface area contributed by atoms with Crippen molar-refractivity contribution in [3.8, 4) is 5.88 Å². The van der Waals surface area contributed by atoms with E-state index in [1.165, 1.54) is 0 Å². The Labute approximate surface area is 110 Å². The fourth-order valence-electron chi connectivity index (χ4n) is 1.70. The number of anilines is 2. The first kappa shape index (κ1) is 12.9.